The van der Waals surface area contributed by atoms with Gasteiger partial charge in [-0.3, -0.25) is 0 Å². The summed E-state index contributed by atoms with van der Waals surface area (Å²) in [4.78, 5) is 2.39. The first-order valence-electron chi connectivity index (χ1n) is 8.94. The zero-order valence-electron chi connectivity index (χ0n) is 14.1. The normalized spacial score (nSPS) is 40.6. The molecule has 3 nitrogen and oxygen atoms in total. The second kappa shape index (κ2) is 5.82. The first kappa shape index (κ1) is 15.8. The van der Waals surface area contributed by atoms with Crippen LogP contribution in [0.25, 0.3) is 0 Å². The maximum Gasteiger partial charge on any atom is 0.0900 e. The molecule has 1 heterocycles. The van der Waals surface area contributed by atoms with Crippen molar-refractivity contribution in [2.75, 3.05) is 26.2 Å². The number of fused-ring (bicyclic) bond motifs is 2. The van der Waals surface area contributed by atoms with Gasteiger partial charge in [0.2, 0.25) is 0 Å². The third kappa shape index (κ3) is 3.02. The third-order valence-corrected chi connectivity index (χ3v) is 6.51. The molecule has 0 aromatic carbocycles. The second-order valence-electron chi connectivity index (χ2n) is 8.64. The second-order valence-corrected chi connectivity index (χ2v) is 8.64. The summed E-state index contributed by atoms with van der Waals surface area (Å²) in [6.45, 7) is 10.7. The van der Waals surface area contributed by atoms with Gasteiger partial charge in [-0.05, 0) is 61.9 Å². The lowest BCUT2D eigenvalue weighted by Crippen LogP contribution is -2.45. The predicted molar refractivity (Wildman–Crippen MR) is 85.3 cm³/mol. The molecule has 0 aromatic rings. The van der Waals surface area contributed by atoms with Crippen molar-refractivity contribution in [3.05, 3.63) is 0 Å². The smallest absolute Gasteiger partial charge is 0.0900 e. The average molecular weight is 295 g/mol. The number of aliphatic hydroxyl groups is 1. The molecule has 3 fully saturated rings. The molecule has 0 amide bonds. The van der Waals surface area contributed by atoms with Gasteiger partial charge in [-0.15, -0.1) is 0 Å². The van der Waals surface area contributed by atoms with E-state index in [1.54, 1.807) is 0 Å². The van der Waals surface area contributed by atoms with Crippen molar-refractivity contribution in [2.45, 2.75) is 71.5 Å². The van der Waals surface area contributed by atoms with Crippen molar-refractivity contribution in [1.29, 1.82) is 0 Å². The minimum absolute atomic E-state index is 0.276. The van der Waals surface area contributed by atoms with E-state index < -0.39 is 0 Å². The highest BCUT2D eigenvalue weighted by atomic mass is 16.5. The number of nitrogens with zero attached hydrogens (tertiary/aromatic N) is 1. The molecule has 2 aliphatic carbocycles. The highest BCUT2D eigenvalue weighted by Gasteiger charge is 2.60. The quantitative estimate of drug-likeness (QED) is 0.846. The maximum absolute atomic E-state index is 10.3. The van der Waals surface area contributed by atoms with E-state index in [2.05, 4.69) is 25.7 Å². The topological polar surface area (TPSA) is 32.7 Å². The summed E-state index contributed by atoms with van der Waals surface area (Å²) in [6.07, 6.45) is 7.87. The van der Waals surface area contributed by atoms with Crippen LogP contribution < -0.4 is 0 Å². The Morgan fingerprint density at radius 3 is 2.52 bits per heavy atom. The third-order valence-electron chi connectivity index (χ3n) is 6.51. The number of piperidine rings is 1. The lowest BCUT2D eigenvalue weighted by Gasteiger charge is -2.42. The monoisotopic (exact) mass is 295 g/mol. The highest BCUT2D eigenvalue weighted by Crippen LogP contribution is 2.63. The van der Waals surface area contributed by atoms with Crippen LogP contribution in [0.2, 0.25) is 0 Å². The van der Waals surface area contributed by atoms with Crippen molar-refractivity contribution >= 4 is 0 Å². The van der Waals surface area contributed by atoms with Crippen molar-refractivity contribution < 1.29 is 9.84 Å². The largest absolute Gasteiger partial charge is 0.389 e. The van der Waals surface area contributed by atoms with Gasteiger partial charge in [0, 0.05) is 6.54 Å². The van der Waals surface area contributed by atoms with Crippen molar-refractivity contribution in [3.63, 3.8) is 0 Å². The molecule has 1 N–H and O–H groups in total. The molecule has 122 valence electrons. The molecule has 2 saturated carbocycles. The Labute approximate surface area is 130 Å². The van der Waals surface area contributed by atoms with Gasteiger partial charge in [-0.1, -0.05) is 27.2 Å². The van der Waals surface area contributed by atoms with Gasteiger partial charge in [0.15, 0.2) is 0 Å². The van der Waals surface area contributed by atoms with E-state index in [4.69, 9.17) is 4.74 Å². The Kier molecular flexibility index (Phi) is 4.37. The number of rotatable bonds is 5. The number of β-amino-alcohol motifs (C(OH)–C–C–N with tert-alkyl or cyclic N) is 1. The Morgan fingerprint density at radius 2 is 1.90 bits per heavy atom. The van der Waals surface area contributed by atoms with E-state index in [0.29, 0.717) is 18.1 Å². The lowest BCUT2D eigenvalue weighted by atomic mass is 9.70. The minimum atomic E-state index is -0.332. The Bertz CT molecular complexity index is 359. The number of hydrogen-bond acceptors (Lipinski definition) is 3. The van der Waals surface area contributed by atoms with Crippen LogP contribution in [0.15, 0.2) is 0 Å². The average Bonchev–Trinajstić information content (AvgIpc) is 2.90. The number of ether oxygens (including phenoxy) is 1. The van der Waals surface area contributed by atoms with Gasteiger partial charge >= 0.3 is 0 Å². The van der Waals surface area contributed by atoms with Crippen molar-refractivity contribution in [3.8, 4) is 0 Å². The molecule has 0 spiro atoms. The van der Waals surface area contributed by atoms with Crippen molar-refractivity contribution in [2.24, 2.45) is 16.7 Å². The Balaban J connectivity index is 1.50. The van der Waals surface area contributed by atoms with Crippen LogP contribution in [0.5, 0.6) is 0 Å². The standard InChI is InChI=1S/C18H33NO2/c1-17(2)14-7-8-18(3,11-14)16(17)21-13-15(20)12-19-9-5-4-6-10-19/h14-16,20H,4-13H2,1-3H3/t14-,15-,16-,18+/m1/s1. The van der Waals surface area contributed by atoms with Crippen LogP contribution in [0.4, 0.5) is 0 Å². The van der Waals surface area contributed by atoms with E-state index in [1.807, 2.05) is 0 Å². The van der Waals surface area contributed by atoms with E-state index in [0.717, 1.165) is 25.6 Å². The zero-order chi connectivity index (χ0) is 15.1. The molecular weight excluding hydrogens is 262 g/mol. The molecular formula is C18H33NO2. The van der Waals surface area contributed by atoms with Gasteiger partial charge < -0.3 is 14.7 Å². The first-order chi connectivity index (χ1) is 9.92. The summed E-state index contributed by atoms with van der Waals surface area (Å²) in [7, 11) is 0. The molecule has 0 unspecified atom stereocenters. The van der Waals surface area contributed by atoms with Crippen LogP contribution in [0.3, 0.4) is 0 Å². The molecule has 0 aromatic heterocycles. The molecule has 2 bridgehead atoms. The van der Waals surface area contributed by atoms with Gasteiger partial charge in [0.05, 0.1) is 18.8 Å². The van der Waals surface area contributed by atoms with Gasteiger partial charge in [0.25, 0.3) is 0 Å². The molecule has 1 aliphatic heterocycles. The predicted octanol–water partition coefficient (Wildman–Crippen LogP) is 3.06. The van der Waals surface area contributed by atoms with Crippen LogP contribution in [-0.4, -0.2) is 48.5 Å². The fraction of sp³-hybridized carbons (Fsp3) is 1.00. The summed E-state index contributed by atoms with van der Waals surface area (Å²) in [6, 6.07) is 0. The molecule has 3 rings (SSSR count). The molecule has 3 heteroatoms. The molecule has 1 saturated heterocycles. The first-order valence-corrected chi connectivity index (χ1v) is 8.94. The highest BCUT2D eigenvalue weighted by molar-refractivity contribution is 5.09. The molecule has 21 heavy (non-hydrogen) atoms. The maximum atomic E-state index is 10.3. The Hall–Kier alpha value is -0.120. The van der Waals surface area contributed by atoms with Crippen LogP contribution >= 0.6 is 0 Å². The fourth-order valence-corrected chi connectivity index (χ4v) is 5.37. The van der Waals surface area contributed by atoms with Crippen LogP contribution in [0, 0.1) is 16.7 Å². The van der Waals surface area contributed by atoms with E-state index in [9.17, 15) is 5.11 Å². The van der Waals surface area contributed by atoms with E-state index in [1.165, 1.54) is 38.5 Å². The minimum Gasteiger partial charge on any atom is -0.389 e. The van der Waals surface area contributed by atoms with E-state index >= 15 is 0 Å². The van der Waals surface area contributed by atoms with Gasteiger partial charge in [0.1, 0.15) is 0 Å². The zero-order valence-corrected chi connectivity index (χ0v) is 14.1. The van der Waals surface area contributed by atoms with Crippen LogP contribution in [-0.2, 0) is 4.74 Å². The molecule has 3 aliphatic rings. The number of hydrogen-bond donors (Lipinski definition) is 1. The van der Waals surface area contributed by atoms with Crippen molar-refractivity contribution in [1.82, 2.24) is 4.90 Å². The SMILES string of the molecule is CC1(C)[C@@H]2CC[C@@](C)(C2)[C@@H]1OC[C@H](O)CN1CCCCC1. The van der Waals surface area contributed by atoms with E-state index in [-0.39, 0.29) is 11.5 Å². The van der Waals surface area contributed by atoms with Gasteiger partial charge in [-0.2, -0.15) is 0 Å². The number of likely N-dealkylation sites (tertiary alicyclic amines) is 1. The number of aliphatic hydroxyl groups excluding tert-OH is 1. The van der Waals surface area contributed by atoms with Crippen LogP contribution in [0.1, 0.15) is 59.3 Å². The molecule has 0 radical (unpaired) electrons. The summed E-state index contributed by atoms with van der Waals surface area (Å²) < 4.78 is 6.28. The van der Waals surface area contributed by atoms with Gasteiger partial charge in [-0.25, -0.2) is 0 Å². The summed E-state index contributed by atoms with van der Waals surface area (Å²) in [5.74, 6) is 0.812. The summed E-state index contributed by atoms with van der Waals surface area (Å²) >= 11 is 0. The summed E-state index contributed by atoms with van der Waals surface area (Å²) in [5, 5.41) is 10.3. The Morgan fingerprint density at radius 1 is 1.19 bits per heavy atom. The lowest BCUT2D eigenvalue weighted by molar-refractivity contribution is -0.113. The fourth-order valence-electron chi connectivity index (χ4n) is 5.37. The summed E-state index contributed by atoms with van der Waals surface area (Å²) in [5.41, 5.74) is 0.622. The molecule has 4 atom stereocenters.